The molecule has 2 amide bonds. The van der Waals surface area contributed by atoms with Gasteiger partial charge in [0.05, 0.1) is 12.5 Å². The molecule has 0 aliphatic carbocycles. The highest BCUT2D eigenvalue weighted by Crippen LogP contribution is 2.17. The van der Waals surface area contributed by atoms with Gasteiger partial charge in [-0.2, -0.15) is 0 Å². The predicted octanol–water partition coefficient (Wildman–Crippen LogP) is -0.574. The molecule has 20 heavy (non-hydrogen) atoms. The summed E-state index contributed by atoms with van der Waals surface area (Å²) >= 11 is 0. The van der Waals surface area contributed by atoms with Crippen LogP contribution in [0.5, 0.6) is 0 Å². The molecule has 2 unspecified atom stereocenters. The fourth-order valence-corrected chi connectivity index (χ4v) is 2.94. The molecule has 3 N–H and O–H groups in total. The maximum absolute atomic E-state index is 12.2. The molecule has 0 saturated carbocycles. The summed E-state index contributed by atoms with van der Waals surface area (Å²) in [4.78, 5) is 27.4. The van der Waals surface area contributed by atoms with Crippen molar-refractivity contribution in [2.45, 2.75) is 25.3 Å². The minimum atomic E-state index is -0.283. The van der Waals surface area contributed by atoms with Crippen LogP contribution in [0, 0.1) is 5.92 Å². The van der Waals surface area contributed by atoms with E-state index in [4.69, 9.17) is 5.73 Å². The summed E-state index contributed by atoms with van der Waals surface area (Å²) in [5.41, 5.74) is 5.33. The van der Waals surface area contributed by atoms with Gasteiger partial charge in [0, 0.05) is 32.2 Å². The predicted molar refractivity (Wildman–Crippen MR) is 79.7 cm³/mol. The Labute approximate surface area is 126 Å². The van der Waals surface area contributed by atoms with Crippen molar-refractivity contribution >= 4 is 24.2 Å². The average molecular weight is 305 g/mol. The van der Waals surface area contributed by atoms with E-state index in [1.54, 1.807) is 4.90 Å². The van der Waals surface area contributed by atoms with Crippen LogP contribution in [0.2, 0.25) is 0 Å². The summed E-state index contributed by atoms with van der Waals surface area (Å²) in [5.74, 6) is -0.321. The highest BCUT2D eigenvalue weighted by atomic mass is 35.5. The lowest BCUT2D eigenvalue weighted by Gasteiger charge is -2.32. The van der Waals surface area contributed by atoms with E-state index in [1.807, 2.05) is 7.05 Å². The number of hydrogen-bond acceptors (Lipinski definition) is 4. The largest absolute Gasteiger partial charge is 0.369 e. The van der Waals surface area contributed by atoms with Crippen LogP contribution in [0.1, 0.15) is 19.3 Å². The molecule has 2 aliphatic rings. The number of carbonyl (C=O) groups excluding carboxylic acids is 2. The Morgan fingerprint density at radius 2 is 2.00 bits per heavy atom. The lowest BCUT2D eigenvalue weighted by molar-refractivity contribution is -0.135. The van der Waals surface area contributed by atoms with Gasteiger partial charge in [-0.3, -0.25) is 14.5 Å². The van der Waals surface area contributed by atoms with E-state index in [2.05, 4.69) is 10.2 Å². The lowest BCUT2D eigenvalue weighted by Crippen LogP contribution is -2.47. The average Bonchev–Trinajstić information content (AvgIpc) is 2.86. The second-order valence-corrected chi connectivity index (χ2v) is 5.59. The van der Waals surface area contributed by atoms with Crippen LogP contribution in [0.15, 0.2) is 0 Å². The van der Waals surface area contributed by atoms with Gasteiger partial charge in [-0.15, -0.1) is 12.4 Å². The zero-order chi connectivity index (χ0) is 13.8. The molecule has 0 aromatic heterocycles. The van der Waals surface area contributed by atoms with Crippen molar-refractivity contribution < 1.29 is 9.59 Å². The minimum Gasteiger partial charge on any atom is -0.369 e. The number of likely N-dealkylation sites (N-methyl/N-ethyl adjacent to an activating group) is 1. The highest BCUT2D eigenvalue weighted by Gasteiger charge is 2.29. The standard InChI is InChI=1S/C13H24N4O2.ClH/c1-15-11-4-6-16(8-11)9-12(18)17-5-2-3-10(7-17)13(14)19;/h10-11,15H,2-9H2,1H3,(H2,14,19);1H. The molecule has 2 saturated heterocycles. The van der Waals surface area contributed by atoms with E-state index in [0.29, 0.717) is 19.1 Å². The van der Waals surface area contributed by atoms with Gasteiger partial charge < -0.3 is 16.0 Å². The summed E-state index contributed by atoms with van der Waals surface area (Å²) in [6.07, 6.45) is 2.77. The third-order valence-electron chi connectivity index (χ3n) is 4.22. The molecule has 0 aromatic carbocycles. The van der Waals surface area contributed by atoms with Gasteiger partial charge >= 0.3 is 0 Å². The first-order valence-corrected chi connectivity index (χ1v) is 7.07. The maximum atomic E-state index is 12.2. The second kappa shape index (κ2) is 7.81. The van der Waals surface area contributed by atoms with Gasteiger partial charge in [-0.05, 0) is 26.3 Å². The van der Waals surface area contributed by atoms with Crippen LogP contribution >= 0.6 is 12.4 Å². The Morgan fingerprint density at radius 3 is 2.60 bits per heavy atom. The zero-order valence-corrected chi connectivity index (χ0v) is 12.8. The molecular weight excluding hydrogens is 280 g/mol. The topological polar surface area (TPSA) is 78.7 Å². The minimum absolute atomic E-state index is 0. The van der Waals surface area contributed by atoms with Crippen molar-refractivity contribution in [3.8, 4) is 0 Å². The summed E-state index contributed by atoms with van der Waals surface area (Å²) in [6.45, 7) is 3.60. The van der Waals surface area contributed by atoms with E-state index in [0.717, 1.165) is 38.9 Å². The van der Waals surface area contributed by atoms with Crippen LogP contribution in [-0.2, 0) is 9.59 Å². The lowest BCUT2D eigenvalue weighted by atomic mass is 9.97. The van der Waals surface area contributed by atoms with Gasteiger partial charge in [0.15, 0.2) is 0 Å². The summed E-state index contributed by atoms with van der Waals surface area (Å²) in [5, 5.41) is 3.24. The van der Waals surface area contributed by atoms with E-state index in [-0.39, 0.29) is 30.1 Å². The fourth-order valence-electron chi connectivity index (χ4n) is 2.94. The number of piperidine rings is 1. The van der Waals surface area contributed by atoms with Crippen molar-refractivity contribution in [2.75, 3.05) is 39.8 Å². The number of primary amides is 1. The summed E-state index contributed by atoms with van der Waals surface area (Å²) in [6, 6.07) is 0.493. The second-order valence-electron chi connectivity index (χ2n) is 5.59. The quantitative estimate of drug-likeness (QED) is 0.729. The Kier molecular flexibility index (Phi) is 6.71. The monoisotopic (exact) mass is 304 g/mol. The fraction of sp³-hybridized carbons (Fsp3) is 0.846. The number of rotatable bonds is 4. The van der Waals surface area contributed by atoms with Gasteiger partial charge in [-0.25, -0.2) is 0 Å². The van der Waals surface area contributed by atoms with Crippen LogP contribution in [0.3, 0.4) is 0 Å². The van der Waals surface area contributed by atoms with Gasteiger partial charge in [0.1, 0.15) is 0 Å². The molecule has 2 fully saturated rings. The van der Waals surface area contributed by atoms with E-state index in [9.17, 15) is 9.59 Å². The van der Waals surface area contributed by atoms with Crippen molar-refractivity contribution in [2.24, 2.45) is 11.7 Å². The Bertz CT molecular complexity index is 353. The molecule has 0 aromatic rings. The molecule has 2 rings (SSSR count). The molecule has 7 heteroatoms. The molecule has 6 nitrogen and oxygen atoms in total. The number of hydrogen-bond donors (Lipinski definition) is 2. The van der Waals surface area contributed by atoms with Crippen LogP contribution in [0.4, 0.5) is 0 Å². The normalized spacial score (nSPS) is 27.1. The van der Waals surface area contributed by atoms with Crippen molar-refractivity contribution in [3.63, 3.8) is 0 Å². The molecule has 0 spiro atoms. The number of likely N-dealkylation sites (tertiary alicyclic amines) is 2. The highest BCUT2D eigenvalue weighted by molar-refractivity contribution is 5.85. The summed E-state index contributed by atoms with van der Waals surface area (Å²) < 4.78 is 0. The van der Waals surface area contributed by atoms with Gasteiger partial charge in [-0.1, -0.05) is 0 Å². The maximum Gasteiger partial charge on any atom is 0.236 e. The molecule has 0 bridgehead atoms. The number of nitrogens with one attached hydrogen (secondary N) is 1. The number of carbonyl (C=O) groups is 2. The first-order chi connectivity index (χ1) is 9.10. The molecule has 2 atom stereocenters. The van der Waals surface area contributed by atoms with E-state index in [1.165, 1.54) is 0 Å². The van der Waals surface area contributed by atoms with Crippen LogP contribution in [0.25, 0.3) is 0 Å². The first kappa shape index (κ1) is 17.2. The van der Waals surface area contributed by atoms with Crippen molar-refractivity contribution in [1.82, 2.24) is 15.1 Å². The van der Waals surface area contributed by atoms with Gasteiger partial charge in [0.2, 0.25) is 11.8 Å². The first-order valence-electron chi connectivity index (χ1n) is 7.07. The molecular formula is C13H25ClN4O2. The Balaban J connectivity index is 0.00000200. The third kappa shape index (κ3) is 4.33. The zero-order valence-electron chi connectivity index (χ0n) is 12.0. The van der Waals surface area contributed by atoms with Crippen LogP contribution < -0.4 is 11.1 Å². The molecule has 116 valence electrons. The summed E-state index contributed by atoms with van der Waals surface area (Å²) in [7, 11) is 1.96. The Morgan fingerprint density at radius 1 is 1.25 bits per heavy atom. The smallest absolute Gasteiger partial charge is 0.236 e. The number of amides is 2. The third-order valence-corrected chi connectivity index (χ3v) is 4.22. The van der Waals surface area contributed by atoms with E-state index >= 15 is 0 Å². The van der Waals surface area contributed by atoms with Crippen molar-refractivity contribution in [1.29, 1.82) is 0 Å². The number of halogens is 1. The molecule has 0 radical (unpaired) electrons. The van der Waals surface area contributed by atoms with Crippen LogP contribution in [-0.4, -0.2) is 67.4 Å². The molecule has 2 aliphatic heterocycles. The Hall–Kier alpha value is -0.850. The van der Waals surface area contributed by atoms with Gasteiger partial charge in [0.25, 0.3) is 0 Å². The molecule has 2 heterocycles. The number of nitrogens with two attached hydrogens (primary N) is 1. The van der Waals surface area contributed by atoms with Crippen molar-refractivity contribution in [3.05, 3.63) is 0 Å². The van der Waals surface area contributed by atoms with E-state index < -0.39 is 0 Å². The SMILES string of the molecule is CNC1CCN(CC(=O)N2CCCC(C(N)=O)C2)C1.Cl. The number of nitrogens with zero attached hydrogens (tertiary/aromatic N) is 2.